The van der Waals surface area contributed by atoms with Crippen molar-refractivity contribution in [2.24, 2.45) is 5.92 Å². The standard InChI is InChI=1S/C13H21N3O2.ClH/c1-16(13(18)8-4-12(17)14-7-8)11-5-9-2-3-10(6-11)15-9;/h8-11,15H,2-7H2,1H3,(H,14,17);1H. The second kappa shape index (κ2) is 5.67. The molecule has 3 saturated heterocycles. The monoisotopic (exact) mass is 287 g/mol. The third-order valence-electron chi connectivity index (χ3n) is 4.67. The fraction of sp³-hybridized carbons (Fsp3) is 0.846. The van der Waals surface area contributed by atoms with E-state index in [4.69, 9.17) is 0 Å². The van der Waals surface area contributed by atoms with E-state index in [1.807, 2.05) is 11.9 Å². The molecule has 19 heavy (non-hydrogen) atoms. The van der Waals surface area contributed by atoms with Gasteiger partial charge in [0.15, 0.2) is 0 Å². The highest BCUT2D eigenvalue weighted by Gasteiger charge is 2.38. The molecule has 0 aromatic rings. The minimum Gasteiger partial charge on any atom is -0.355 e. The number of carbonyl (C=O) groups excluding carboxylic acids is 2. The highest BCUT2D eigenvalue weighted by atomic mass is 35.5. The van der Waals surface area contributed by atoms with E-state index in [1.165, 1.54) is 12.8 Å². The van der Waals surface area contributed by atoms with Crippen LogP contribution in [0, 0.1) is 5.92 Å². The molecule has 3 fully saturated rings. The second-order valence-corrected chi connectivity index (χ2v) is 5.92. The van der Waals surface area contributed by atoms with Gasteiger partial charge in [0.1, 0.15) is 0 Å². The van der Waals surface area contributed by atoms with Gasteiger partial charge in [-0.15, -0.1) is 12.4 Å². The summed E-state index contributed by atoms with van der Waals surface area (Å²) in [5, 5.41) is 6.33. The number of carbonyl (C=O) groups is 2. The summed E-state index contributed by atoms with van der Waals surface area (Å²) in [6.45, 7) is 0.514. The maximum atomic E-state index is 12.3. The number of rotatable bonds is 2. The van der Waals surface area contributed by atoms with E-state index in [1.54, 1.807) is 0 Å². The second-order valence-electron chi connectivity index (χ2n) is 5.92. The van der Waals surface area contributed by atoms with E-state index < -0.39 is 0 Å². The smallest absolute Gasteiger partial charge is 0.227 e. The Morgan fingerprint density at radius 1 is 1.26 bits per heavy atom. The Balaban J connectivity index is 0.00000133. The zero-order chi connectivity index (χ0) is 12.7. The number of nitrogens with one attached hydrogen (secondary N) is 2. The summed E-state index contributed by atoms with van der Waals surface area (Å²) in [7, 11) is 1.90. The Kier molecular flexibility index (Phi) is 4.36. The molecule has 0 spiro atoms. The lowest BCUT2D eigenvalue weighted by molar-refractivity contribution is -0.137. The van der Waals surface area contributed by atoms with Gasteiger partial charge in [-0.1, -0.05) is 0 Å². The molecule has 0 aromatic carbocycles. The summed E-state index contributed by atoms with van der Waals surface area (Å²) in [5.74, 6) is 0.00168. The first kappa shape index (κ1) is 14.6. The molecule has 3 aliphatic rings. The first-order valence-electron chi connectivity index (χ1n) is 6.93. The van der Waals surface area contributed by atoms with Crippen LogP contribution in [0.1, 0.15) is 32.1 Å². The van der Waals surface area contributed by atoms with E-state index >= 15 is 0 Å². The largest absolute Gasteiger partial charge is 0.355 e. The predicted molar refractivity (Wildman–Crippen MR) is 74.1 cm³/mol. The SMILES string of the molecule is CN(C(=O)C1CNC(=O)C1)C1CC2CCC(C1)N2.Cl. The molecule has 2 amide bonds. The number of halogens is 1. The quantitative estimate of drug-likeness (QED) is 0.767. The molecule has 108 valence electrons. The summed E-state index contributed by atoms with van der Waals surface area (Å²) in [5.41, 5.74) is 0. The Labute approximate surface area is 119 Å². The van der Waals surface area contributed by atoms with Gasteiger partial charge in [-0.2, -0.15) is 0 Å². The number of amides is 2. The van der Waals surface area contributed by atoms with Crippen LogP contribution in [0.25, 0.3) is 0 Å². The van der Waals surface area contributed by atoms with Gasteiger partial charge < -0.3 is 15.5 Å². The zero-order valence-corrected chi connectivity index (χ0v) is 12.0. The van der Waals surface area contributed by atoms with Crippen molar-refractivity contribution in [3.63, 3.8) is 0 Å². The molecular weight excluding hydrogens is 266 g/mol. The molecule has 0 saturated carbocycles. The van der Waals surface area contributed by atoms with Gasteiger partial charge in [0.25, 0.3) is 0 Å². The highest BCUT2D eigenvalue weighted by Crippen LogP contribution is 2.30. The van der Waals surface area contributed by atoms with Gasteiger partial charge in [-0.25, -0.2) is 0 Å². The summed E-state index contributed by atoms with van der Waals surface area (Å²) >= 11 is 0. The molecule has 3 atom stereocenters. The molecule has 6 heteroatoms. The van der Waals surface area contributed by atoms with Gasteiger partial charge in [-0.05, 0) is 25.7 Å². The van der Waals surface area contributed by atoms with Crippen LogP contribution < -0.4 is 10.6 Å². The molecule has 2 N–H and O–H groups in total. The van der Waals surface area contributed by atoms with Crippen molar-refractivity contribution in [1.82, 2.24) is 15.5 Å². The lowest BCUT2D eigenvalue weighted by Gasteiger charge is -2.36. The van der Waals surface area contributed by atoms with Crippen molar-refractivity contribution in [3.05, 3.63) is 0 Å². The highest BCUT2D eigenvalue weighted by molar-refractivity contribution is 5.89. The van der Waals surface area contributed by atoms with Crippen molar-refractivity contribution < 1.29 is 9.59 Å². The average molecular weight is 288 g/mol. The Morgan fingerprint density at radius 3 is 2.42 bits per heavy atom. The van der Waals surface area contributed by atoms with Crippen LogP contribution in [0.2, 0.25) is 0 Å². The van der Waals surface area contributed by atoms with Gasteiger partial charge in [0, 0.05) is 38.1 Å². The molecule has 5 nitrogen and oxygen atoms in total. The summed E-state index contributed by atoms with van der Waals surface area (Å²) < 4.78 is 0. The van der Waals surface area contributed by atoms with E-state index in [0.717, 1.165) is 12.8 Å². The van der Waals surface area contributed by atoms with Gasteiger partial charge in [0.2, 0.25) is 11.8 Å². The molecule has 3 unspecified atom stereocenters. The number of fused-ring (bicyclic) bond motifs is 2. The Morgan fingerprint density at radius 2 is 1.89 bits per heavy atom. The first-order valence-corrected chi connectivity index (χ1v) is 6.93. The maximum absolute atomic E-state index is 12.3. The van der Waals surface area contributed by atoms with Gasteiger partial charge in [0.05, 0.1) is 5.92 Å². The third-order valence-corrected chi connectivity index (χ3v) is 4.67. The normalized spacial score (nSPS) is 36.6. The molecule has 0 aliphatic carbocycles. The Bertz CT molecular complexity index is 365. The molecule has 2 bridgehead atoms. The van der Waals surface area contributed by atoms with Gasteiger partial charge >= 0.3 is 0 Å². The average Bonchev–Trinajstić information content (AvgIpc) is 2.94. The number of piperidine rings is 1. The van der Waals surface area contributed by atoms with Crippen molar-refractivity contribution in [2.45, 2.75) is 50.2 Å². The number of hydrogen-bond acceptors (Lipinski definition) is 3. The van der Waals surface area contributed by atoms with Crippen LogP contribution in [0.3, 0.4) is 0 Å². The third kappa shape index (κ3) is 2.87. The van der Waals surface area contributed by atoms with E-state index in [0.29, 0.717) is 31.1 Å². The molecule has 3 rings (SSSR count). The lowest BCUT2D eigenvalue weighted by atomic mass is 9.97. The van der Waals surface area contributed by atoms with Crippen LogP contribution in [0.5, 0.6) is 0 Å². The minimum atomic E-state index is -0.143. The molecule has 0 aromatic heterocycles. The Hall–Kier alpha value is -0.810. The van der Waals surface area contributed by atoms with E-state index in [-0.39, 0.29) is 30.1 Å². The molecule has 0 radical (unpaired) electrons. The molecule has 3 heterocycles. The van der Waals surface area contributed by atoms with E-state index in [9.17, 15) is 9.59 Å². The summed E-state index contributed by atoms with van der Waals surface area (Å²) in [6.07, 6.45) is 4.97. The maximum Gasteiger partial charge on any atom is 0.227 e. The fourth-order valence-corrected chi connectivity index (χ4v) is 3.59. The molecule has 3 aliphatic heterocycles. The van der Waals surface area contributed by atoms with Crippen LogP contribution in [0.4, 0.5) is 0 Å². The topological polar surface area (TPSA) is 61.4 Å². The van der Waals surface area contributed by atoms with Crippen LogP contribution in [-0.4, -0.2) is 48.4 Å². The minimum absolute atomic E-state index is 0. The first-order chi connectivity index (χ1) is 8.63. The van der Waals surface area contributed by atoms with Crippen LogP contribution >= 0.6 is 12.4 Å². The van der Waals surface area contributed by atoms with Crippen molar-refractivity contribution in [3.8, 4) is 0 Å². The van der Waals surface area contributed by atoms with Crippen molar-refractivity contribution >= 4 is 24.2 Å². The zero-order valence-electron chi connectivity index (χ0n) is 11.2. The number of hydrogen-bond donors (Lipinski definition) is 2. The summed E-state index contributed by atoms with van der Waals surface area (Å²) in [4.78, 5) is 25.4. The number of nitrogens with zero attached hydrogens (tertiary/aromatic N) is 1. The van der Waals surface area contributed by atoms with Crippen molar-refractivity contribution in [1.29, 1.82) is 0 Å². The van der Waals surface area contributed by atoms with Gasteiger partial charge in [-0.3, -0.25) is 9.59 Å². The van der Waals surface area contributed by atoms with E-state index in [2.05, 4.69) is 10.6 Å². The summed E-state index contributed by atoms with van der Waals surface area (Å²) in [6, 6.07) is 1.53. The van der Waals surface area contributed by atoms with Crippen molar-refractivity contribution in [2.75, 3.05) is 13.6 Å². The van der Waals surface area contributed by atoms with Crippen LogP contribution in [0.15, 0.2) is 0 Å². The fourth-order valence-electron chi connectivity index (χ4n) is 3.59. The molecular formula is C13H22ClN3O2. The lowest BCUT2D eigenvalue weighted by Crippen LogP contribution is -2.50. The predicted octanol–water partition coefficient (Wildman–Crippen LogP) is 0.286. The van der Waals surface area contributed by atoms with Crippen LogP contribution in [-0.2, 0) is 9.59 Å².